The molecule has 0 aliphatic rings. The fourth-order valence-electron chi connectivity index (χ4n) is 3.41. The van der Waals surface area contributed by atoms with Crippen molar-refractivity contribution in [3.63, 3.8) is 0 Å². The predicted octanol–water partition coefficient (Wildman–Crippen LogP) is 3.38. The fraction of sp³-hybridized carbons (Fsp3) is 0.200. The Morgan fingerprint density at radius 3 is 1.68 bits per heavy atom. The van der Waals surface area contributed by atoms with Crippen molar-refractivity contribution < 1.29 is 19.1 Å². The normalized spacial score (nSPS) is 10.4. The first kappa shape index (κ1) is 21.9. The Morgan fingerprint density at radius 2 is 1.19 bits per heavy atom. The Balaban J connectivity index is 1.63. The van der Waals surface area contributed by atoms with E-state index >= 15 is 0 Å². The van der Waals surface area contributed by atoms with E-state index in [0.717, 1.165) is 11.1 Å². The van der Waals surface area contributed by atoms with Gasteiger partial charge in [-0.2, -0.15) is 0 Å². The van der Waals surface area contributed by atoms with Crippen molar-refractivity contribution >= 4 is 11.8 Å². The minimum absolute atomic E-state index is 0.124. The Labute approximate surface area is 182 Å². The first-order chi connectivity index (χ1) is 15.2. The second-order valence-corrected chi connectivity index (χ2v) is 6.84. The Morgan fingerprint density at radius 1 is 0.710 bits per heavy atom. The Hall–Kier alpha value is -3.80. The maximum Gasteiger partial charge on any atom is 0.258 e. The minimum Gasteiger partial charge on any atom is -0.496 e. The van der Waals surface area contributed by atoms with Gasteiger partial charge in [-0.3, -0.25) is 9.59 Å². The van der Waals surface area contributed by atoms with Gasteiger partial charge in [0.25, 0.3) is 5.91 Å². The monoisotopic (exact) mass is 418 g/mol. The van der Waals surface area contributed by atoms with E-state index in [9.17, 15) is 9.59 Å². The van der Waals surface area contributed by atoms with Crippen molar-refractivity contribution in [3.05, 3.63) is 95.6 Å². The summed E-state index contributed by atoms with van der Waals surface area (Å²) in [4.78, 5) is 25.6. The summed E-state index contributed by atoms with van der Waals surface area (Å²) in [5.41, 5.74) is 2.15. The molecule has 0 fully saturated rings. The predicted molar refractivity (Wildman–Crippen MR) is 120 cm³/mol. The van der Waals surface area contributed by atoms with E-state index in [-0.39, 0.29) is 24.9 Å². The van der Waals surface area contributed by atoms with Crippen LogP contribution in [0, 0.1) is 0 Å². The Kier molecular flexibility index (Phi) is 7.65. The molecule has 0 aliphatic carbocycles. The average Bonchev–Trinajstić information content (AvgIpc) is 2.82. The molecule has 0 spiro atoms. The number of amides is 2. The van der Waals surface area contributed by atoms with Crippen LogP contribution in [-0.2, 0) is 4.79 Å². The number of nitrogens with one attached hydrogen (secondary N) is 2. The van der Waals surface area contributed by atoms with Crippen molar-refractivity contribution in [2.45, 2.75) is 5.92 Å². The molecule has 0 saturated carbocycles. The van der Waals surface area contributed by atoms with Crippen molar-refractivity contribution in [1.82, 2.24) is 10.6 Å². The zero-order valence-corrected chi connectivity index (χ0v) is 17.6. The second-order valence-electron chi connectivity index (χ2n) is 6.84. The van der Waals surface area contributed by atoms with Crippen LogP contribution < -0.4 is 20.1 Å². The molecule has 3 rings (SSSR count). The third-order valence-corrected chi connectivity index (χ3v) is 4.89. The highest BCUT2D eigenvalue weighted by atomic mass is 16.5. The molecular weight excluding hydrogens is 392 g/mol. The largest absolute Gasteiger partial charge is 0.496 e. The fourth-order valence-corrected chi connectivity index (χ4v) is 3.41. The van der Waals surface area contributed by atoms with Gasteiger partial charge in [0.05, 0.1) is 20.1 Å². The molecular formula is C25H26N2O4. The van der Waals surface area contributed by atoms with Gasteiger partial charge in [0.1, 0.15) is 17.1 Å². The molecule has 0 unspecified atom stereocenters. The molecule has 31 heavy (non-hydrogen) atoms. The van der Waals surface area contributed by atoms with Gasteiger partial charge in [-0.15, -0.1) is 0 Å². The number of benzene rings is 3. The van der Waals surface area contributed by atoms with Crippen LogP contribution in [0.2, 0.25) is 0 Å². The molecule has 6 heteroatoms. The quantitative estimate of drug-likeness (QED) is 0.523. The van der Waals surface area contributed by atoms with E-state index in [4.69, 9.17) is 9.47 Å². The van der Waals surface area contributed by atoms with E-state index in [2.05, 4.69) is 10.6 Å². The van der Waals surface area contributed by atoms with Gasteiger partial charge >= 0.3 is 0 Å². The summed E-state index contributed by atoms with van der Waals surface area (Å²) in [7, 11) is 3.00. The SMILES string of the molecule is COc1cccc(OC)c1C(=O)NCCNC(=O)C(c1ccccc1)c1ccccc1. The number of ether oxygens (including phenoxy) is 2. The van der Waals surface area contributed by atoms with Crippen LogP contribution in [-0.4, -0.2) is 39.1 Å². The molecule has 2 N–H and O–H groups in total. The second kappa shape index (κ2) is 10.8. The molecule has 0 bridgehead atoms. The number of rotatable bonds is 9. The summed E-state index contributed by atoms with van der Waals surface area (Å²) in [6.07, 6.45) is 0. The van der Waals surface area contributed by atoms with E-state index in [0.29, 0.717) is 17.1 Å². The first-order valence-electron chi connectivity index (χ1n) is 10.0. The number of hydrogen-bond donors (Lipinski definition) is 2. The number of hydrogen-bond acceptors (Lipinski definition) is 4. The van der Waals surface area contributed by atoms with Crippen molar-refractivity contribution in [2.75, 3.05) is 27.3 Å². The van der Waals surface area contributed by atoms with Crippen LogP contribution >= 0.6 is 0 Å². The smallest absolute Gasteiger partial charge is 0.258 e. The lowest BCUT2D eigenvalue weighted by atomic mass is 9.90. The third kappa shape index (κ3) is 5.42. The van der Waals surface area contributed by atoms with Crippen molar-refractivity contribution in [1.29, 1.82) is 0 Å². The number of methoxy groups -OCH3 is 2. The van der Waals surface area contributed by atoms with Crippen LogP contribution in [0.5, 0.6) is 11.5 Å². The summed E-state index contributed by atoms with van der Waals surface area (Å²) in [5.74, 6) is -0.0247. The maximum absolute atomic E-state index is 13.0. The molecule has 0 saturated heterocycles. The Bertz CT molecular complexity index is 945. The van der Waals surface area contributed by atoms with Gasteiger partial charge in [0, 0.05) is 13.1 Å². The molecule has 0 aliphatic heterocycles. The van der Waals surface area contributed by atoms with E-state index < -0.39 is 5.92 Å². The van der Waals surface area contributed by atoms with Gasteiger partial charge in [-0.1, -0.05) is 66.7 Å². The molecule has 0 radical (unpaired) electrons. The van der Waals surface area contributed by atoms with Crippen LogP contribution in [0.3, 0.4) is 0 Å². The van der Waals surface area contributed by atoms with Gasteiger partial charge in [0.15, 0.2) is 0 Å². The van der Waals surface area contributed by atoms with Crippen molar-refractivity contribution in [3.8, 4) is 11.5 Å². The molecule has 0 atom stereocenters. The minimum atomic E-state index is -0.424. The van der Waals surface area contributed by atoms with Crippen LogP contribution in [0.1, 0.15) is 27.4 Å². The van der Waals surface area contributed by atoms with Crippen molar-refractivity contribution in [2.24, 2.45) is 0 Å². The van der Waals surface area contributed by atoms with Gasteiger partial charge in [0.2, 0.25) is 5.91 Å². The number of carbonyl (C=O) groups excluding carboxylic acids is 2. The van der Waals surface area contributed by atoms with Crippen LogP contribution in [0.25, 0.3) is 0 Å². The van der Waals surface area contributed by atoms with Gasteiger partial charge in [-0.05, 0) is 23.3 Å². The molecule has 3 aromatic carbocycles. The lowest BCUT2D eigenvalue weighted by Crippen LogP contribution is -2.37. The maximum atomic E-state index is 13.0. The van der Waals surface area contributed by atoms with E-state index in [1.54, 1.807) is 18.2 Å². The highest BCUT2D eigenvalue weighted by molar-refractivity contribution is 5.99. The molecule has 0 aromatic heterocycles. The lowest BCUT2D eigenvalue weighted by Gasteiger charge is -2.18. The first-order valence-corrected chi connectivity index (χ1v) is 10.0. The zero-order chi connectivity index (χ0) is 22.1. The third-order valence-electron chi connectivity index (χ3n) is 4.89. The summed E-state index contributed by atoms with van der Waals surface area (Å²) in [6.45, 7) is 0.556. The molecule has 6 nitrogen and oxygen atoms in total. The standard InChI is InChI=1S/C25H26N2O4/c1-30-20-14-9-15-21(31-2)23(20)25(29)27-17-16-26-24(28)22(18-10-5-3-6-11-18)19-12-7-4-8-13-19/h3-15,22H,16-17H2,1-2H3,(H,26,28)(H,27,29). The van der Waals surface area contributed by atoms with E-state index in [1.807, 2.05) is 60.7 Å². The summed E-state index contributed by atoms with van der Waals surface area (Å²) in [6, 6.07) is 24.4. The van der Waals surface area contributed by atoms with Crippen LogP contribution in [0.4, 0.5) is 0 Å². The van der Waals surface area contributed by atoms with E-state index in [1.165, 1.54) is 14.2 Å². The lowest BCUT2D eigenvalue weighted by molar-refractivity contribution is -0.121. The average molecular weight is 418 g/mol. The zero-order valence-electron chi connectivity index (χ0n) is 17.6. The highest BCUT2D eigenvalue weighted by Gasteiger charge is 2.22. The number of carbonyl (C=O) groups is 2. The summed E-state index contributed by atoms with van der Waals surface area (Å²) in [5, 5.41) is 5.74. The van der Waals surface area contributed by atoms with Crippen LogP contribution in [0.15, 0.2) is 78.9 Å². The molecule has 0 heterocycles. The van der Waals surface area contributed by atoms with Gasteiger partial charge in [-0.25, -0.2) is 0 Å². The van der Waals surface area contributed by atoms with Gasteiger partial charge < -0.3 is 20.1 Å². The molecule has 2 amide bonds. The summed E-state index contributed by atoms with van der Waals surface area (Å²) < 4.78 is 10.5. The highest BCUT2D eigenvalue weighted by Crippen LogP contribution is 2.28. The molecule has 160 valence electrons. The molecule has 3 aromatic rings. The summed E-state index contributed by atoms with van der Waals surface area (Å²) >= 11 is 0. The topological polar surface area (TPSA) is 76.7 Å².